The number of aromatic amines is 2. The van der Waals surface area contributed by atoms with Gasteiger partial charge in [-0.25, -0.2) is 0 Å². The molecule has 9 nitrogen and oxygen atoms in total. The fraction of sp³-hybridized carbons (Fsp3) is 0.882. The second kappa shape index (κ2) is 8.74. The molecule has 0 bridgehead atoms. The summed E-state index contributed by atoms with van der Waals surface area (Å²) in [4.78, 5) is 0. The Morgan fingerprint density at radius 1 is 0.857 bits per heavy atom. The molecule has 0 radical (unpaired) electrons. The van der Waals surface area contributed by atoms with Crippen LogP contribution in [0.2, 0.25) is 0 Å². The van der Waals surface area contributed by atoms with Crippen molar-refractivity contribution in [1.29, 1.82) is 0 Å². The van der Waals surface area contributed by atoms with Gasteiger partial charge in [-0.05, 0) is 38.5 Å². The Hall–Kier alpha value is -0.440. The Morgan fingerprint density at radius 2 is 1.29 bits per heavy atom. The molecule has 0 aliphatic heterocycles. The molecule has 0 saturated heterocycles. The molecule has 2 fully saturated rings. The highest BCUT2D eigenvalue weighted by molar-refractivity contribution is 14.1. The van der Waals surface area contributed by atoms with E-state index in [1.54, 1.807) is 0 Å². The standard InChI is InChI=1S/C17H26I2N8O/c18-12-9-16(12,14-20-24-25-21-14)7-3-1-5-11(28)6-2-4-8-17(10-13(17)19)15-22-26-27-23-15/h11-13,28H,1-10H2,(H,20,21,24,25)(H,22,23,26,27). The number of aromatic nitrogens is 8. The third kappa shape index (κ3) is 4.35. The molecule has 2 aromatic heterocycles. The van der Waals surface area contributed by atoms with Crippen molar-refractivity contribution in [3.63, 3.8) is 0 Å². The van der Waals surface area contributed by atoms with Gasteiger partial charge >= 0.3 is 0 Å². The maximum Gasteiger partial charge on any atom is 0.181 e. The monoisotopic (exact) mass is 612 g/mol. The fourth-order valence-electron chi connectivity index (χ4n) is 4.26. The second-order valence-electron chi connectivity index (χ2n) is 8.27. The van der Waals surface area contributed by atoms with E-state index in [-0.39, 0.29) is 16.9 Å². The number of alkyl halides is 2. The van der Waals surface area contributed by atoms with E-state index < -0.39 is 0 Å². The van der Waals surface area contributed by atoms with Crippen molar-refractivity contribution >= 4 is 45.2 Å². The number of H-pyrrole nitrogens is 2. The minimum absolute atomic E-state index is 0.113. The van der Waals surface area contributed by atoms with Crippen molar-refractivity contribution in [3.8, 4) is 0 Å². The molecule has 3 N–H and O–H groups in total. The lowest BCUT2D eigenvalue weighted by Gasteiger charge is -2.14. The van der Waals surface area contributed by atoms with E-state index in [1.807, 2.05) is 0 Å². The zero-order valence-corrected chi connectivity index (χ0v) is 20.0. The summed E-state index contributed by atoms with van der Waals surface area (Å²) in [6, 6.07) is 0. The van der Waals surface area contributed by atoms with Crippen LogP contribution in [0, 0.1) is 0 Å². The molecule has 0 amide bonds. The lowest BCUT2D eigenvalue weighted by Crippen LogP contribution is -2.14. The summed E-state index contributed by atoms with van der Waals surface area (Å²) in [5, 5.41) is 39.7. The summed E-state index contributed by atoms with van der Waals surface area (Å²) in [7, 11) is 0. The normalized spacial score (nSPS) is 32.4. The minimum atomic E-state index is -0.202. The first-order valence-electron chi connectivity index (χ1n) is 10.0. The molecule has 2 aromatic rings. The van der Waals surface area contributed by atoms with Crippen LogP contribution in [-0.2, 0) is 10.8 Å². The van der Waals surface area contributed by atoms with Gasteiger partial charge in [0.25, 0.3) is 0 Å². The molecule has 28 heavy (non-hydrogen) atoms. The maximum atomic E-state index is 10.3. The van der Waals surface area contributed by atoms with E-state index in [1.165, 1.54) is 0 Å². The third-order valence-corrected chi connectivity index (χ3v) is 9.63. The Balaban J connectivity index is 1.10. The molecule has 11 heteroatoms. The number of hydrogen-bond acceptors (Lipinski definition) is 7. The average Bonchev–Trinajstić information content (AvgIpc) is 3.28. The van der Waals surface area contributed by atoms with E-state index in [2.05, 4.69) is 86.4 Å². The van der Waals surface area contributed by atoms with Gasteiger partial charge in [0.15, 0.2) is 11.6 Å². The van der Waals surface area contributed by atoms with Crippen molar-refractivity contribution in [2.75, 3.05) is 0 Å². The Bertz CT molecular complexity index is 682. The lowest BCUT2D eigenvalue weighted by molar-refractivity contribution is 0.146. The molecule has 2 aliphatic rings. The van der Waals surface area contributed by atoms with Gasteiger partial charge in [0, 0.05) is 18.7 Å². The fourth-order valence-corrected chi connectivity index (χ4v) is 7.01. The van der Waals surface area contributed by atoms with E-state index in [4.69, 9.17) is 0 Å². The third-order valence-electron chi connectivity index (χ3n) is 6.37. The molecular formula is C17H26I2N8O. The van der Waals surface area contributed by atoms with Crippen LogP contribution in [0.4, 0.5) is 0 Å². The van der Waals surface area contributed by atoms with Crippen LogP contribution in [0.3, 0.4) is 0 Å². The van der Waals surface area contributed by atoms with E-state index in [0.29, 0.717) is 7.85 Å². The summed E-state index contributed by atoms with van der Waals surface area (Å²) in [5.74, 6) is 1.72. The van der Waals surface area contributed by atoms with Gasteiger partial charge in [-0.2, -0.15) is 10.4 Å². The number of aliphatic hydroxyl groups excluding tert-OH is 1. The van der Waals surface area contributed by atoms with Crippen LogP contribution in [0.1, 0.15) is 75.9 Å². The molecular weight excluding hydrogens is 586 g/mol. The number of halogens is 2. The van der Waals surface area contributed by atoms with Crippen LogP contribution in [-0.4, -0.2) is 60.3 Å². The summed E-state index contributed by atoms with van der Waals surface area (Å²) >= 11 is 4.98. The zero-order valence-electron chi connectivity index (χ0n) is 15.7. The number of aliphatic hydroxyl groups is 1. The van der Waals surface area contributed by atoms with Crippen molar-refractivity contribution in [1.82, 2.24) is 41.2 Å². The number of unbranched alkanes of at least 4 members (excludes halogenated alkanes) is 2. The summed E-state index contributed by atoms with van der Waals surface area (Å²) in [6.45, 7) is 0. The van der Waals surface area contributed by atoms with Gasteiger partial charge in [0.1, 0.15) is 0 Å². The number of nitrogens with zero attached hydrogens (tertiary/aromatic N) is 6. The summed E-state index contributed by atoms with van der Waals surface area (Å²) < 4.78 is 1.20. The quantitative estimate of drug-likeness (QED) is 0.191. The molecule has 154 valence electrons. The first-order chi connectivity index (χ1) is 13.6. The van der Waals surface area contributed by atoms with Crippen molar-refractivity contribution in [2.24, 2.45) is 0 Å². The zero-order chi connectivity index (χ0) is 19.6. The highest BCUT2D eigenvalue weighted by Gasteiger charge is 2.57. The van der Waals surface area contributed by atoms with E-state index in [0.717, 1.165) is 75.9 Å². The van der Waals surface area contributed by atoms with Crippen LogP contribution >= 0.6 is 45.2 Å². The van der Waals surface area contributed by atoms with E-state index >= 15 is 0 Å². The Morgan fingerprint density at radius 3 is 1.61 bits per heavy atom. The molecule has 0 spiro atoms. The average molecular weight is 612 g/mol. The smallest absolute Gasteiger partial charge is 0.181 e. The van der Waals surface area contributed by atoms with Crippen LogP contribution in [0.5, 0.6) is 0 Å². The predicted molar refractivity (Wildman–Crippen MR) is 120 cm³/mol. The predicted octanol–water partition coefficient (Wildman–Crippen LogP) is 2.78. The topological polar surface area (TPSA) is 129 Å². The summed E-state index contributed by atoms with van der Waals surface area (Å²) in [6.07, 6.45) is 10.3. The van der Waals surface area contributed by atoms with E-state index in [9.17, 15) is 5.11 Å². The van der Waals surface area contributed by atoms with Crippen LogP contribution in [0.25, 0.3) is 0 Å². The Labute approximate surface area is 191 Å². The maximum absolute atomic E-state index is 10.3. The number of rotatable bonds is 12. The highest BCUT2D eigenvalue weighted by atomic mass is 127. The first kappa shape index (κ1) is 20.8. The van der Waals surface area contributed by atoms with Crippen molar-refractivity contribution in [3.05, 3.63) is 11.6 Å². The molecule has 2 heterocycles. The largest absolute Gasteiger partial charge is 0.393 e. The van der Waals surface area contributed by atoms with Gasteiger partial charge in [-0.15, -0.1) is 20.4 Å². The first-order valence-corrected chi connectivity index (χ1v) is 12.5. The molecule has 0 aromatic carbocycles. The molecule has 4 atom stereocenters. The molecule has 2 saturated carbocycles. The minimum Gasteiger partial charge on any atom is -0.393 e. The van der Waals surface area contributed by atoms with Gasteiger partial charge in [-0.1, -0.05) is 81.3 Å². The highest BCUT2D eigenvalue weighted by Crippen LogP contribution is 2.56. The number of hydrogen-bond donors (Lipinski definition) is 3. The van der Waals surface area contributed by atoms with Gasteiger partial charge in [0.2, 0.25) is 0 Å². The van der Waals surface area contributed by atoms with Gasteiger partial charge in [-0.3, -0.25) is 0 Å². The van der Waals surface area contributed by atoms with Crippen molar-refractivity contribution < 1.29 is 5.11 Å². The molecule has 4 rings (SSSR count). The SMILES string of the molecule is OC(CCCCC1(c2nn[nH]n2)CC1I)CCCCC1(c2nn[nH]n2)CC1I. The summed E-state index contributed by atoms with van der Waals surface area (Å²) in [5.41, 5.74) is 0.227. The van der Waals surface area contributed by atoms with Crippen molar-refractivity contribution in [2.45, 2.75) is 89.0 Å². The number of nitrogens with one attached hydrogen (secondary N) is 2. The van der Waals surface area contributed by atoms with Gasteiger partial charge < -0.3 is 5.11 Å². The Kier molecular flexibility index (Phi) is 6.50. The molecule has 2 aliphatic carbocycles. The molecule has 4 unspecified atom stereocenters. The second-order valence-corrected chi connectivity index (χ2v) is 11.3. The van der Waals surface area contributed by atoms with Crippen LogP contribution < -0.4 is 0 Å². The van der Waals surface area contributed by atoms with Gasteiger partial charge in [0.05, 0.1) is 6.10 Å². The lowest BCUT2D eigenvalue weighted by atomic mass is 9.94. The number of tetrazole rings is 2. The van der Waals surface area contributed by atoms with Crippen LogP contribution in [0.15, 0.2) is 0 Å².